The van der Waals surface area contributed by atoms with E-state index in [1.54, 1.807) is 0 Å². The van der Waals surface area contributed by atoms with Crippen LogP contribution in [-0.2, 0) is 4.74 Å². The SMILES string of the molecule is CNCC(OC1CCC(C)CC1)c1ccc(C)cc1. The van der Waals surface area contributed by atoms with Crippen molar-refractivity contribution in [2.45, 2.75) is 51.7 Å². The summed E-state index contributed by atoms with van der Waals surface area (Å²) in [5.41, 5.74) is 2.59. The van der Waals surface area contributed by atoms with Crippen molar-refractivity contribution in [1.82, 2.24) is 5.32 Å². The van der Waals surface area contributed by atoms with Gasteiger partial charge in [0.25, 0.3) is 0 Å². The van der Waals surface area contributed by atoms with Gasteiger partial charge in [-0.2, -0.15) is 0 Å². The van der Waals surface area contributed by atoms with Crippen LogP contribution >= 0.6 is 0 Å². The highest BCUT2D eigenvalue weighted by Crippen LogP contribution is 2.29. The van der Waals surface area contributed by atoms with Crippen LogP contribution in [0.4, 0.5) is 0 Å². The first kappa shape index (κ1) is 14.5. The molecule has 0 aromatic heterocycles. The highest BCUT2D eigenvalue weighted by atomic mass is 16.5. The molecule has 1 saturated carbocycles. The molecule has 0 bridgehead atoms. The molecule has 1 fully saturated rings. The van der Waals surface area contributed by atoms with Gasteiger partial charge in [-0.25, -0.2) is 0 Å². The number of ether oxygens (including phenoxy) is 1. The molecule has 0 heterocycles. The lowest BCUT2D eigenvalue weighted by Gasteiger charge is -2.30. The molecule has 1 aliphatic carbocycles. The Bertz CT molecular complexity index is 365. The topological polar surface area (TPSA) is 21.3 Å². The van der Waals surface area contributed by atoms with Crippen molar-refractivity contribution in [2.75, 3.05) is 13.6 Å². The summed E-state index contributed by atoms with van der Waals surface area (Å²) >= 11 is 0. The molecule has 1 aliphatic rings. The third kappa shape index (κ3) is 4.32. The van der Waals surface area contributed by atoms with Crippen LogP contribution in [0.3, 0.4) is 0 Å². The molecule has 1 atom stereocenters. The molecule has 0 aliphatic heterocycles. The monoisotopic (exact) mass is 261 g/mol. The van der Waals surface area contributed by atoms with Gasteiger partial charge in [-0.3, -0.25) is 0 Å². The van der Waals surface area contributed by atoms with Gasteiger partial charge in [0.1, 0.15) is 0 Å². The fraction of sp³-hybridized carbons (Fsp3) is 0.647. The highest BCUT2D eigenvalue weighted by Gasteiger charge is 2.22. The first-order valence-electron chi connectivity index (χ1n) is 7.55. The number of hydrogen-bond donors (Lipinski definition) is 1. The molecule has 2 heteroatoms. The molecule has 19 heavy (non-hydrogen) atoms. The summed E-state index contributed by atoms with van der Waals surface area (Å²) < 4.78 is 6.34. The van der Waals surface area contributed by atoms with Crippen molar-refractivity contribution < 1.29 is 4.74 Å². The van der Waals surface area contributed by atoms with E-state index in [1.165, 1.54) is 36.8 Å². The summed E-state index contributed by atoms with van der Waals surface area (Å²) in [6.07, 6.45) is 5.68. The fourth-order valence-electron chi connectivity index (χ4n) is 2.81. The third-order valence-electron chi connectivity index (χ3n) is 4.16. The molecule has 106 valence electrons. The van der Waals surface area contributed by atoms with Gasteiger partial charge in [-0.05, 0) is 51.1 Å². The van der Waals surface area contributed by atoms with Gasteiger partial charge in [0.05, 0.1) is 12.2 Å². The number of nitrogens with one attached hydrogen (secondary N) is 1. The molecule has 2 rings (SSSR count). The van der Waals surface area contributed by atoms with Crippen molar-refractivity contribution in [3.63, 3.8) is 0 Å². The number of rotatable bonds is 5. The second-order valence-electron chi connectivity index (χ2n) is 5.97. The number of benzene rings is 1. The normalized spacial score (nSPS) is 25.2. The van der Waals surface area contributed by atoms with Crippen LogP contribution in [0.15, 0.2) is 24.3 Å². The molecule has 0 radical (unpaired) electrons. The number of hydrogen-bond acceptors (Lipinski definition) is 2. The minimum absolute atomic E-state index is 0.184. The fourth-order valence-corrected chi connectivity index (χ4v) is 2.81. The standard InChI is InChI=1S/C17H27NO/c1-13-4-8-15(9-5-13)17(12-18-3)19-16-10-6-14(2)7-11-16/h4-5,8-9,14,16-18H,6-7,10-12H2,1-3H3. The average Bonchev–Trinajstić information content (AvgIpc) is 2.42. The zero-order valence-electron chi connectivity index (χ0n) is 12.5. The molecule has 1 aromatic rings. The van der Waals surface area contributed by atoms with Crippen molar-refractivity contribution in [3.8, 4) is 0 Å². The second kappa shape index (κ2) is 7.06. The molecular formula is C17H27NO. The Morgan fingerprint density at radius 3 is 2.37 bits per heavy atom. The van der Waals surface area contributed by atoms with E-state index in [9.17, 15) is 0 Å². The molecule has 1 unspecified atom stereocenters. The van der Waals surface area contributed by atoms with Gasteiger partial charge in [0, 0.05) is 6.54 Å². The van der Waals surface area contributed by atoms with E-state index >= 15 is 0 Å². The van der Waals surface area contributed by atoms with Crippen LogP contribution < -0.4 is 5.32 Å². The third-order valence-corrected chi connectivity index (χ3v) is 4.16. The van der Waals surface area contributed by atoms with E-state index in [4.69, 9.17) is 4.74 Å². The first-order valence-corrected chi connectivity index (χ1v) is 7.55. The van der Waals surface area contributed by atoms with Gasteiger partial charge < -0.3 is 10.1 Å². The molecule has 0 saturated heterocycles. The summed E-state index contributed by atoms with van der Waals surface area (Å²) in [5.74, 6) is 0.877. The maximum atomic E-state index is 6.34. The maximum absolute atomic E-state index is 6.34. The van der Waals surface area contributed by atoms with E-state index in [1.807, 2.05) is 7.05 Å². The Hall–Kier alpha value is -0.860. The lowest BCUT2D eigenvalue weighted by Crippen LogP contribution is -2.27. The molecule has 1 aromatic carbocycles. The Morgan fingerprint density at radius 2 is 1.79 bits per heavy atom. The van der Waals surface area contributed by atoms with Crippen LogP contribution in [0.1, 0.15) is 49.8 Å². The van der Waals surface area contributed by atoms with E-state index in [0.29, 0.717) is 6.10 Å². The van der Waals surface area contributed by atoms with E-state index in [-0.39, 0.29) is 6.10 Å². The maximum Gasteiger partial charge on any atom is 0.0952 e. The summed E-state index contributed by atoms with van der Waals surface area (Å²) in [7, 11) is 1.99. The first-order chi connectivity index (χ1) is 9.19. The predicted molar refractivity (Wildman–Crippen MR) is 80.4 cm³/mol. The smallest absolute Gasteiger partial charge is 0.0952 e. The Morgan fingerprint density at radius 1 is 1.16 bits per heavy atom. The number of likely N-dealkylation sites (N-methyl/N-ethyl adjacent to an activating group) is 1. The quantitative estimate of drug-likeness (QED) is 0.869. The summed E-state index contributed by atoms with van der Waals surface area (Å²) in [6.45, 7) is 5.36. The van der Waals surface area contributed by atoms with Crippen molar-refractivity contribution >= 4 is 0 Å². The van der Waals surface area contributed by atoms with Gasteiger partial charge in [0.2, 0.25) is 0 Å². The van der Waals surface area contributed by atoms with Crippen molar-refractivity contribution in [2.24, 2.45) is 5.92 Å². The van der Waals surface area contributed by atoms with Crippen LogP contribution in [0.25, 0.3) is 0 Å². The van der Waals surface area contributed by atoms with Crippen LogP contribution in [0.2, 0.25) is 0 Å². The Kier molecular flexibility index (Phi) is 5.41. The zero-order chi connectivity index (χ0) is 13.7. The van der Waals surface area contributed by atoms with Crippen LogP contribution in [-0.4, -0.2) is 19.7 Å². The van der Waals surface area contributed by atoms with Gasteiger partial charge in [-0.15, -0.1) is 0 Å². The Labute approximate surface area is 117 Å². The average molecular weight is 261 g/mol. The van der Waals surface area contributed by atoms with Gasteiger partial charge in [0.15, 0.2) is 0 Å². The largest absolute Gasteiger partial charge is 0.369 e. The highest BCUT2D eigenvalue weighted by molar-refractivity contribution is 5.23. The van der Waals surface area contributed by atoms with Crippen LogP contribution in [0.5, 0.6) is 0 Å². The Balaban J connectivity index is 1.97. The minimum atomic E-state index is 0.184. The van der Waals surface area contributed by atoms with E-state index in [2.05, 4.69) is 43.4 Å². The molecule has 0 amide bonds. The van der Waals surface area contributed by atoms with E-state index in [0.717, 1.165) is 12.5 Å². The molecule has 0 spiro atoms. The predicted octanol–water partition coefficient (Wildman–Crippen LogP) is 3.85. The lowest BCUT2D eigenvalue weighted by atomic mass is 9.89. The summed E-state index contributed by atoms with van der Waals surface area (Å²) in [5, 5.41) is 3.25. The molecule has 1 N–H and O–H groups in total. The summed E-state index contributed by atoms with van der Waals surface area (Å²) in [4.78, 5) is 0. The van der Waals surface area contributed by atoms with Gasteiger partial charge >= 0.3 is 0 Å². The van der Waals surface area contributed by atoms with Crippen molar-refractivity contribution in [1.29, 1.82) is 0 Å². The van der Waals surface area contributed by atoms with Crippen LogP contribution in [0, 0.1) is 12.8 Å². The van der Waals surface area contributed by atoms with E-state index < -0.39 is 0 Å². The van der Waals surface area contributed by atoms with Crippen molar-refractivity contribution in [3.05, 3.63) is 35.4 Å². The molecular weight excluding hydrogens is 234 g/mol. The lowest BCUT2D eigenvalue weighted by molar-refractivity contribution is -0.0355. The zero-order valence-corrected chi connectivity index (χ0v) is 12.5. The molecule has 2 nitrogen and oxygen atoms in total. The number of aryl methyl sites for hydroxylation is 1. The minimum Gasteiger partial charge on any atom is -0.369 e. The summed E-state index contributed by atoms with van der Waals surface area (Å²) in [6, 6.07) is 8.74. The second-order valence-corrected chi connectivity index (χ2v) is 5.97. The van der Waals surface area contributed by atoms with Gasteiger partial charge in [-0.1, -0.05) is 36.8 Å².